The van der Waals surface area contributed by atoms with Gasteiger partial charge in [0.25, 0.3) is 5.56 Å². The smallest absolute Gasteiger partial charge is 0.250 e. The molecule has 0 saturated heterocycles. The lowest BCUT2D eigenvalue weighted by molar-refractivity contribution is -0.132. The van der Waals surface area contributed by atoms with Gasteiger partial charge in [-0.2, -0.15) is 0 Å². The third-order valence-corrected chi connectivity index (χ3v) is 5.01. The number of pyridine rings is 1. The summed E-state index contributed by atoms with van der Waals surface area (Å²) in [6.07, 6.45) is 0.663. The van der Waals surface area contributed by atoms with E-state index in [2.05, 4.69) is 4.98 Å². The number of aryl methyl sites for hydroxylation is 1. The average molecular weight is 399 g/mol. The van der Waals surface area contributed by atoms with Crippen LogP contribution in [0.3, 0.4) is 0 Å². The minimum atomic E-state index is -0.709. The Labute approximate surface area is 165 Å². The van der Waals surface area contributed by atoms with Gasteiger partial charge in [0.15, 0.2) is 0 Å². The van der Waals surface area contributed by atoms with Gasteiger partial charge in [-0.05, 0) is 25.1 Å². The van der Waals surface area contributed by atoms with E-state index in [1.54, 1.807) is 15.5 Å². The maximum absolute atomic E-state index is 13.5. The molecule has 1 aliphatic heterocycles. The summed E-state index contributed by atoms with van der Waals surface area (Å²) in [6.45, 7) is 2.85. The lowest BCUT2D eigenvalue weighted by Gasteiger charge is -2.25. The van der Waals surface area contributed by atoms with E-state index in [4.69, 9.17) is 4.42 Å². The van der Waals surface area contributed by atoms with Gasteiger partial charge >= 0.3 is 0 Å². The number of amides is 1. The number of oxazole rings is 1. The van der Waals surface area contributed by atoms with Gasteiger partial charge in [-0.3, -0.25) is 9.59 Å². The van der Waals surface area contributed by atoms with Crippen molar-refractivity contribution >= 4 is 5.91 Å². The summed E-state index contributed by atoms with van der Waals surface area (Å²) >= 11 is 0. The molecule has 0 fully saturated rings. The maximum atomic E-state index is 13.5. The summed E-state index contributed by atoms with van der Waals surface area (Å²) in [4.78, 5) is 30.6. The van der Waals surface area contributed by atoms with Crippen molar-refractivity contribution in [1.29, 1.82) is 0 Å². The van der Waals surface area contributed by atoms with Crippen LogP contribution in [0.2, 0.25) is 0 Å². The van der Waals surface area contributed by atoms with Gasteiger partial charge < -0.3 is 13.9 Å². The van der Waals surface area contributed by atoms with Crippen LogP contribution >= 0.6 is 0 Å². The highest BCUT2D eigenvalue weighted by Crippen LogP contribution is 2.27. The van der Waals surface area contributed by atoms with Gasteiger partial charge in [0.1, 0.15) is 23.1 Å². The minimum absolute atomic E-state index is 0.0906. The molecule has 1 aliphatic rings. The largest absolute Gasteiger partial charge is 0.441 e. The molecular weight excluding hydrogens is 380 g/mol. The first-order chi connectivity index (χ1) is 13.9. The topological polar surface area (TPSA) is 68.3 Å². The predicted octanol–water partition coefficient (Wildman–Crippen LogP) is 3.06. The van der Waals surface area contributed by atoms with Crippen LogP contribution in [0.4, 0.5) is 8.78 Å². The number of rotatable bonds is 4. The van der Waals surface area contributed by atoms with E-state index in [1.165, 1.54) is 6.07 Å². The Bertz CT molecular complexity index is 1120. The van der Waals surface area contributed by atoms with E-state index >= 15 is 0 Å². The zero-order valence-electron chi connectivity index (χ0n) is 15.8. The highest BCUT2D eigenvalue weighted by molar-refractivity contribution is 5.76. The van der Waals surface area contributed by atoms with Gasteiger partial charge in [0, 0.05) is 49.3 Å². The molecule has 0 N–H and O–H groups in total. The van der Waals surface area contributed by atoms with E-state index in [0.717, 1.165) is 23.9 Å². The van der Waals surface area contributed by atoms with Crippen LogP contribution in [0.25, 0.3) is 11.5 Å². The number of aromatic nitrogens is 2. The van der Waals surface area contributed by atoms with Crippen LogP contribution in [0.15, 0.2) is 45.6 Å². The summed E-state index contributed by atoms with van der Waals surface area (Å²) in [5.74, 6) is -0.760. The first-order valence-corrected chi connectivity index (χ1v) is 9.30. The first-order valence-electron chi connectivity index (χ1n) is 9.30. The molecule has 4 rings (SSSR count). The molecule has 29 heavy (non-hydrogen) atoms. The van der Waals surface area contributed by atoms with Crippen LogP contribution in [-0.2, 0) is 24.3 Å². The third-order valence-electron chi connectivity index (χ3n) is 5.01. The lowest BCUT2D eigenvalue weighted by atomic mass is 10.1. The van der Waals surface area contributed by atoms with Crippen molar-refractivity contribution in [2.45, 2.75) is 32.9 Å². The molecule has 1 amide bonds. The average Bonchev–Trinajstić information content (AvgIpc) is 3.10. The van der Waals surface area contributed by atoms with Crippen molar-refractivity contribution in [3.05, 3.63) is 75.5 Å². The summed E-state index contributed by atoms with van der Waals surface area (Å²) < 4.78 is 34.2. The summed E-state index contributed by atoms with van der Waals surface area (Å²) in [6, 6.07) is 8.08. The van der Waals surface area contributed by atoms with Crippen molar-refractivity contribution in [2.75, 3.05) is 6.54 Å². The fourth-order valence-electron chi connectivity index (χ4n) is 3.49. The number of benzene rings is 1. The van der Waals surface area contributed by atoms with E-state index in [-0.39, 0.29) is 35.9 Å². The molecule has 0 spiro atoms. The van der Waals surface area contributed by atoms with E-state index in [1.807, 2.05) is 13.0 Å². The second-order valence-corrected chi connectivity index (χ2v) is 7.02. The number of carbonyl (C=O) groups is 1. The second-order valence-electron chi connectivity index (χ2n) is 7.02. The van der Waals surface area contributed by atoms with Crippen molar-refractivity contribution < 1.29 is 18.0 Å². The van der Waals surface area contributed by atoms with E-state index in [9.17, 15) is 18.4 Å². The molecule has 1 aromatic carbocycles. The molecule has 0 aliphatic carbocycles. The number of hydrogen-bond acceptors (Lipinski definition) is 4. The highest BCUT2D eigenvalue weighted by Gasteiger charge is 2.26. The van der Waals surface area contributed by atoms with Crippen LogP contribution in [-0.4, -0.2) is 26.9 Å². The Hall–Kier alpha value is -3.29. The zero-order chi connectivity index (χ0) is 20.5. The minimum Gasteiger partial charge on any atom is -0.441 e. The molecule has 0 bridgehead atoms. The summed E-state index contributed by atoms with van der Waals surface area (Å²) in [7, 11) is 0. The van der Waals surface area contributed by atoms with Crippen molar-refractivity contribution in [1.82, 2.24) is 14.5 Å². The van der Waals surface area contributed by atoms with Gasteiger partial charge in [-0.25, -0.2) is 13.8 Å². The van der Waals surface area contributed by atoms with Gasteiger partial charge in [-0.1, -0.05) is 6.07 Å². The van der Waals surface area contributed by atoms with Crippen LogP contribution in [0.1, 0.15) is 23.6 Å². The fraction of sp³-hybridized carbons (Fsp3) is 0.286. The van der Waals surface area contributed by atoms with Crippen LogP contribution in [0, 0.1) is 18.6 Å². The Morgan fingerprint density at radius 3 is 2.69 bits per heavy atom. The highest BCUT2D eigenvalue weighted by atomic mass is 19.1. The summed E-state index contributed by atoms with van der Waals surface area (Å²) in [5.41, 5.74) is 1.46. The van der Waals surface area contributed by atoms with Gasteiger partial charge in [0.2, 0.25) is 11.8 Å². The number of fused-ring (bicyclic) bond motifs is 1. The molecule has 2 aromatic heterocycles. The molecule has 150 valence electrons. The maximum Gasteiger partial charge on any atom is 0.250 e. The standard InChI is InChI=1S/C21H19F2N3O3/c1-13-3-2-4-20(28)26(13)8-6-19(27)25-7-5-18-17(12-25)24-21(29-18)14-9-15(22)11-16(23)10-14/h2-4,9-11H,5-8,12H2,1H3. The normalized spacial score (nSPS) is 13.4. The molecule has 3 aromatic rings. The van der Waals surface area contributed by atoms with Crippen LogP contribution < -0.4 is 5.56 Å². The third kappa shape index (κ3) is 3.96. The van der Waals surface area contributed by atoms with Crippen molar-refractivity contribution in [3.8, 4) is 11.5 Å². The Morgan fingerprint density at radius 1 is 1.21 bits per heavy atom. The Morgan fingerprint density at radius 2 is 1.97 bits per heavy atom. The van der Waals surface area contributed by atoms with Gasteiger partial charge in [0.05, 0.1) is 6.54 Å². The van der Waals surface area contributed by atoms with Gasteiger partial charge in [-0.15, -0.1) is 0 Å². The molecule has 0 atom stereocenters. The molecule has 6 nitrogen and oxygen atoms in total. The van der Waals surface area contributed by atoms with E-state index in [0.29, 0.717) is 31.0 Å². The Balaban J connectivity index is 1.46. The second kappa shape index (κ2) is 7.62. The molecule has 0 unspecified atom stereocenters. The van der Waals surface area contributed by atoms with Crippen molar-refractivity contribution in [2.24, 2.45) is 0 Å². The number of nitrogens with zero attached hydrogens (tertiary/aromatic N) is 3. The SMILES string of the molecule is Cc1cccc(=O)n1CCC(=O)N1CCc2oc(-c3cc(F)cc(F)c3)nc2C1. The zero-order valence-corrected chi connectivity index (χ0v) is 15.8. The van der Waals surface area contributed by atoms with Crippen molar-refractivity contribution in [3.63, 3.8) is 0 Å². The monoisotopic (exact) mass is 399 g/mol. The Kier molecular flexibility index (Phi) is 5.00. The fourth-order valence-corrected chi connectivity index (χ4v) is 3.49. The molecule has 0 radical (unpaired) electrons. The van der Waals surface area contributed by atoms with E-state index < -0.39 is 11.6 Å². The molecular formula is C21H19F2N3O3. The first kappa shape index (κ1) is 19.0. The molecule has 8 heteroatoms. The quantitative estimate of drug-likeness (QED) is 0.676. The number of hydrogen-bond donors (Lipinski definition) is 0. The predicted molar refractivity (Wildman–Crippen MR) is 101 cm³/mol. The molecule has 3 heterocycles. The summed E-state index contributed by atoms with van der Waals surface area (Å²) in [5, 5.41) is 0. The number of carbonyl (C=O) groups excluding carboxylic acids is 1. The lowest BCUT2D eigenvalue weighted by Crippen LogP contribution is -2.36. The molecule has 0 saturated carbocycles. The van der Waals surface area contributed by atoms with Crippen LogP contribution in [0.5, 0.6) is 0 Å². The number of halogens is 2.